The fourth-order valence-corrected chi connectivity index (χ4v) is 4.75. The molecule has 1 aromatic heterocycles. The maximum Gasteiger partial charge on any atom is 0.409 e. The Morgan fingerprint density at radius 1 is 1.41 bits per heavy atom. The number of benzene rings is 1. The van der Waals surface area contributed by atoms with Crippen molar-refractivity contribution in [3.05, 3.63) is 53.2 Å². The van der Waals surface area contributed by atoms with Crippen LogP contribution in [0.4, 0.5) is 13.6 Å². The molecule has 0 unspecified atom stereocenters. The van der Waals surface area contributed by atoms with Gasteiger partial charge in [-0.15, -0.1) is 6.42 Å². The van der Waals surface area contributed by atoms with E-state index in [9.17, 15) is 4.79 Å². The zero-order valence-corrected chi connectivity index (χ0v) is 21.9. The molecule has 2 aromatic rings. The van der Waals surface area contributed by atoms with E-state index in [1.54, 1.807) is 20.9 Å². The maximum atomic E-state index is 15.4. The molecule has 8 nitrogen and oxygen atoms in total. The Morgan fingerprint density at radius 3 is 2.81 bits per heavy atom. The largest absolute Gasteiger partial charge is 0.463 e. The standard InChI is InChI=1S/C26H29F2N5O3S/c1-6-9-35-23-13-30-22(12-31-23)21(28)11-18-7-8-20(27)19(10-18)26(17(4)14-37-24(29)32-26)15-33(5)25(34)36-16(2)3/h1,7-8,10-13,16-17H,9,14-15H2,2-5H3,(H2,29,32)/b21-11-/t17-,26-/m0/s1. The van der Waals surface area contributed by atoms with Gasteiger partial charge in [-0.2, -0.15) is 0 Å². The molecule has 11 heteroatoms. The molecule has 2 N–H and O–H groups in total. The van der Waals surface area contributed by atoms with Gasteiger partial charge in [-0.3, -0.25) is 0 Å². The molecule has 0 saturated carbocycles. The minimum Gasteiger partial charge on any atom is -0.463 e. The van der Waals surface area contributed by atoms with Crippen molar-refractivity contribution in [2.45, 2.75) is 32.4 Å². The number of carbonyl (C=O) groups is 1. The summed E-state index contributed by atoms with van der Waals surface area (Å²) in [7, 11) is 1.56. The van der Waals surface area contributed by atoms with Crippen molar-refractivity contribution in [2.75, 3.05) is 26.0 Å². The van der Waals surface area contributed by atoms with Crippen molar-refractivity contribution in [3.63, 3.8) is 0 Å². The molecule has 37 heavy (non-hydrogen) atoms. The van der Waals surface area contributed by atoms with Gasteiger partial charge in [-0.25, -0.2) is 28.5 Å². The Kier molecular flexibility index (Phi) is 9.10. The molecule has 1 aromatic carbocycles. The summed E-state index contributed by atoms with van der Waals surface area (Å²) in [5.74, 6) is 1.59. The summed E-state index contributed by atoms with van der Waals surface area (Å²) >= 11 is 1.36. The van der Waals surface area contributed by atoms with Crippen molar-refractivity contribution >= 4 is 34.9 Å². The Bertz CT molecular complexity index is 1230. The number of aromatic nitrogens is 2. The predicted octanol–water partition coefficient (Wildman–Crippen LogP) is 4.47. The van der Waals surface area contributed by atoms with Crippen LogP contribution in [-0.2, 0) is 10.3 Å². The third-order valence-electron chi connectivity index (χ3n) is 5.66. The summed E-state index contributed by atoms with van der Waals surface area (Å²) in [5, 5.41) is 0.276. The second kappa shape index (κ2) is 12.1. The lowest BCUT2D eigenvalue weighted by molar-refractivity contribution is 0.0734. The molecule has 1 aliphatic heterocycles. The molecule has 0 spiro atoms. The van der Waals surface area contributed by atoms with Crippen molar-refractivity contribution in [1.82, 2.24) is 14.9 Å². The first-order valence-electron chi connectivity index (χ1n) is 11.5. The highest BCUT2D eigenvalue weighted by Crippen LogP contribution is 2.42. The Balaban J connectivity index is 2.00. The lowest BCUT2D eigenvalue weighted by atomic mass is 9.78. The Hall–Kier alpha value is -3.65. The molecule has 196 valence electrons. The number of carbonyl (C=O) groups excluding carboxylic acids is 1. The highest BCUT2D eigenvalue weighted by Gasteiger charge is 2.44. The average molecular weight is 530 g/mol. The zero-order valence-electron chi connectivity index (χ0n) is 21.1. The van der Waals surface area contributed by atoms with Crippen LogP contribution in [0.2, 0.25) is 0 Å². The van der Waals surface area contributed by atoms with E-state index < -0.39 is 23.3 Å². The van der Waals surface area contributed by atoms with Crippen LogP contribution >= 0.6 is 11.8 Å². The minimum absolute atomic E-state index is 0.0120. The first-order valence-corrected chi connectivity index (χ1v) is 12.5. The summed E-state index contributed by atoms with van der Waals surface area (Å²) < 4.78 is 40.8. The molecule has 0 fully saturated rings. The monoisotopic (exact) mass is 529 g/mol. The molecule has 0 bridgehead atoms. The van der Waals surface area contributed by atoms with E-state index in [0.29, 0.717) is 11.3 Å². The Morgan fingerprint density at radius 2 is 2.16 bits per heavy atom. The maximum absolute atomic E-state index is 15.4. The van der Waals surface area contributed by atoms with Gasteiger partial charge in [0.1, 0.15) is 17.1 Å². The number of aliphatic imine (C=N–C) groups is 1. The predicted molar refractivity (Wildman–Crippen MR) is 141 cm³/mol. The number of thioether (sulfide) groups is 1. The number of hydrogen-bond donors (Lipinski definition) is 1. The number of amides is 1. The van der Waals surface area contributed by atoms with Gasteiger partial charge in [-0.05, 0) is 43.5 Å². The quantitative estimate of drug-likeness (QED) is 0.504. The number of amidine groups is 1. The molecular weight excluding hydrogens is 500 g/mol. The van der Waals surface area contributed by atoms with Gasteiger partial charge < -0.3 is 20.1 Å². The molecule has 1 amide bonds. The number of ether oxygens (including phenoxy) is 2. The lowest BCUT2D eigenvalue weighted by Crippen LogP contribution is -2.49. The normalized spacial score (nSPS) is 19.7. The van der Waals surface area contributed by atoms with Gasteiger partial charge in [0.2, 0.25) is 5.88 Å². The van der Waals surface area contributed by atoms with Crippen LogP contribution in [0.25, 0.3) is 11.9 Å². The summed E-state index contributed by atoms with van der Waals surface area (Å²) in [4.78, 5) is 26.5. The van der Waals surface area contributed by atoms with Crippen LogP contribution in [0.3, 0.4) is 0 Å². The summed E-state index contributed by atoms with van der Waals surface area (Å²) in [6.07, 6.45) is 7.94. The van der Waals surface area contributed by atoms with Crippen LogP contribution < -0.4 is 10.5 Å². The van der Waals surface area contributed by atoms with Gasteiger partial charge in [-0.1, -0.05) is 30.7 Å². The van der Waals surface area contributed by atoms with E-state index in [2.05, 4.69) is 20.9 Å². The molecule has 0 saturated heterocycles. The van der Waals surface area contributed by atoms with Crippen LogP contribution in [0, 0.1) is 24.1 Å². The summed E-state index contributed by atoms with van der Waals surface area (Å²) in [6, 6.07) is 4.19. The minimum atomic E-state index is -1.21. The molecule has 2 heterocycles. The van der Waals surface area contributed by atoms with Gasteiger partial charge in [0.25, 0.3) is 0 Å². The zero-order chi connectivity index (χ0) is 27.2. The highest BCUT2D eigenvalue weighted by atomic mass is 32.2. The van der Waals surface area contributed by atoms with Gasteiger partial charge in [0, 0.05) is 18.4 Å². The second-order valence-corrected chi connectivity index (χ2v) is 9.88. The number of hydrogen-bond acceptors (Lipinski definition) is 8. The van der Waals surface area contributed by atoms with Gasteiger partial charge >= 0.3 is 6.09 Å². The lowest BCUT2D eigenvalue weighted by Gasteiger charge is -2.41. The molecule has 0 radical (unpaired) electrons. The van der Waals surface area contributed by atoms with Gasteiger partial charge in [0.05, 0.1) is 25.0 Å². The molecular formula is C26H29F2N5O3S. The average Bonchev–Trinajstić information content (AvgIpc) is 2.86. The fraction of sp³-hybridized carbons (Fsp3) is 0.385. The number of terminal acetylenes is 1. The van der Waals surface area contributed by atoms with E-state index >= 15 is 8.78 Å². The summed E-state index contributed by atoms with van der Waals surface area (Å²) in [5.41, 5.74) is 5.40. The van der Waals surface area contributed by atoms with E-state index in [1.807, 2.05) is 6.92 Å². The van der Waals surface area contributed by atoms with E-state index in [1.165, 1.54) is 53.3 Å². The van der Waals surface area contributed by atoms with Crippen LogP contribution in [0.5, 0.6) is 5.88 Å². The van der Waals surface area contributed by atoms with Crippen molar-refractivity contribution in [1.29, 1.82) is 0 Å². The fourth-order valence-electron chi connectivity index (χ4n) is 3.82. The van der Waals surface area contributed by atoms with E-state index in [4.69, 9.17) is 21.6 Å². The van der Waals surface area contributed by atoms with Crippen molar-refractivity contribution in [3.8, 4) is 18.2 Å². The first kappa shape index (κ1) is 27.9. The topological polar surface area (TPSA) is 103 Å². The number of likely N-dealkylation sites (N-methyl/N-ethyl adjacent to an activating group) is 1. The molecule has 0 aliphatic carbocycles. The third-order valence-corrected chi connectivity index (χ3v) is 6.71. The van der Waals surface area contributed by atoms with Crippen molar-refractivity contribution in [2.24, 2.45) is 16.6 Å². The van der Waals surface area contributed by atoms with E-state index in [0.717, 1.165) is 0 Å². The van der Waals surface area contributed by atoms with Crippen LogP contribution in [0.1, 0.15) is 37.6 Å². The van der Waals surface area contributed by atoms with Crippen molar-refractivity contribution < 1.29 is 23.0 Å². The van der Waals surface area contributed by atoms with E-state index in [-0.39, 0.29) is 47.5 Å². The van der Waals surface area contributed by atoms with Gasteiger partial charge in [0.15, 0.2) is 17.6 Å². The number of nitrogens with two attached hydrogens (primary N) is 1. The number of nitrogens with zero attached hydrogens (tertiary/aromatic N) is 4. The summed E-state index contributed by atoms with van der Waals surface area (Å²) in [6.45, 7) is 5.42. The highest BCUT2D eigenvalue weighted by molar-refractivity contribution is 8.13. The molecule has 2 atom stereocenters. The second-order valence-electron chi connectivity index (χ2n) is 8.84. The number of rotatable bonds is 8. The Labute approximate surface area is 219 Å². The first-order chi connectivity index (χ1) is 17.6. The third kappa shape index (κ3) is 6.77. The molecule has 3 rings (SSSR count). The van der Waals surface area contributed by atoms with Crippen LogP contribution in [0.15, 0.2) is 35.6 Å². The smallest absolute Gasteiger partial charge is 0.409 e. The number of halogens is 2. The SMILES string of the molecule is C#CCOc1cnc(/C(F)=C/c2ccc(F)c([C@@]3(CN(C)C(=O)OC(C)C)N=C(N)SC[C@@H]3C)c2)cn1. The molecule has 1 aliphatic rings. The van der Waals surface area contributed by atoms with Crippen LogP contribution in [-0.4, -0.2) is 58.2 Å².